The molecule has 0 amide bonds. The molecule has 1 aliphatic carbocycles. The smallest absolute Gasteiger partial charge is 0.346 e. The van der Waals surface area contributed by atoms with Crippen molar-refractivity contribution in [3.63, 3.8) is 0 Å². The van der Waals surface area contributed by atoms with Gasteiger partial charge < -0.3 is 4.74 Å². The van der Waals surface area contributed by atoms with E-state index in [0.717, 1.165) is 35.3 Å². The summed E-state index contributed by atoms with van der Waals surface area (Å²) in [6, 6.07) is 21.9. The van der Waals surface area contributed by atoms with Crippen LogP contribution in [0.2, 0.25) is 0 Å². The molecule has 4 aromatic rings. The van der Waals surface area contributed by atoms with Gasteiger partial charge in [0.2, 0.25) is 0 Å². The van der Waals surface area contributed by atoms with Crippen molar-refractivity contribution in [2.45, 2.75) is 32.0 Å². The Morgan fingerprint density at radius 2 is 1.73 bits per heavy atom. The predicted molar refractivity (Wildman–Crippen MR) is 114 cm³/mol. The van der Waals surface area contributed by atoms with Crippen LogP contribution in [0.4, 0.5) is 0 Å². The largest absolute Gasteiger partial charge is 0.489 e. The van der Waals surface area contributed by atoms with E-state index in [1.807, 2.05) is 71.3 Å². The summed E-state index contributed by atoms with van der Waals surface area (Å²) >= 11 is 0. The normalized spacial score (nSPS) is 13.3. The van der Waals surface area contributed by atoms with Crippen molar-refractivity contribution >= 4 is 0 Å². The Balaban J connectivity index is 1.34. The Morgan fingerprint density at radius 3 is 2.43 bits per heavy atom. The summed E-state index contributed by atoms with van der Waals surface area (Å²) in [7, 11) is 0. The lowest BCUT2D eigenvalue weighted by Crippen LogP contribution is -2.25. The molecule has 0 aliphatic heterocycles. The second-order valence-electron chi connectivity index (χ2n) is 7.52. The third-order valence-corrected chi connectivity index (χ3v) is 5.21. The molecule has 6 heteroatoms. The Labute approximate surface area is 174 Å². The highest BCUT2D eigenvalue weighted by molar-refractivity contribution is 5.53. The molecule has 6 nitrogen and oxygen atoms in total. The fourth-order valence-electron chi connectivity index (χ4n) is 3.48. The van der Waals surface area contributed by atoms with Crippen molar-refractivity contribution in [1.82, 2.24) is 19.3 Å². The van der Waals surface area contributed by atoms with Gasteiger partial charge >= 0.3 is 5.69 Å². The molecule has 0 spiro atoms. The van der Waals surface area contributed by atoms with Crippen LogP contribution in [0.15, 0.2) is 83.9 Å². The summed E-state index contributed by atoms with van der Waals surface area (Å²) in [6.45, 7) is 0.949. The number of aromatic nitrogens is 4. The number of pyridine rings is 1. The third kappa shape index (κ3) is 3.89. The molecule has 0 unspecified atom stereocenters. The minimum atomic E-state index is -0.0687. The Kier molecular flexibility index (Phi) is 4.89. The maximum absolute atomic E-state index is 13.0. The first-order valence-electron chi connectivity index (χ1n) is 10.1. The Bertz CT molecular complexity index is 1180. The molecule has 5 rings (SSSR count). The molecule has 2 aromatic heterocycles. The number of nitrogens with zero attached hydrogens (tertiary/aromatic N) is 4. The van der Waals surface area contributed by atoms with E-state index in [0.29, 0.717) is 19.0 Å². The minimum Gasteiger partial charge on any atom is -0.489 e. The number of hydrogen-bond donors (Lipinski definition) is 0. The topological polar surface area (TPSA) is 61.9 Å². The zero-order valence-corrected chi connectivity index (χ0v) is 16.5. The van der Waals surface area contributed by atoms with Crippen LogP contribution in [0.3, 0.4) is 0 Å². The lowest BCUT2D eigenvalue weighted by molar-refractivity contribution is 0.306. The highest BCUT2D eigenvalue weighted by Crippen LogP contribution is 2.36. The van der Waals surface area contributed by atoms with Gasteiger partial charge in [-0.05, 0) is 48.2 Å². The second kappa shape index (κ2) is 7.99. The molecule has 0 bridgehead atoms. The van der Waals surface area contributed by atoms with Crippen LogP contribution in [-0.4, -0.2) is 19.3 Å². The summed E-state index contributed by atoms with van der Waals surface area (Å²) in [6.07, 6.45) is 5.52. The van der Waals surface area contributed by atoms with Gasteiger partial charge in [0.05, 0.1) is 6.54 Å². The van der Waals surface area contributed by atoms with E-state index in [1.165, 1.54) is 0 Å². The average Bonchev–Trinajstić information content (AvgIpc) is 3.59. The summed E-state index contributed by atoms with van der Waals surface area (Å²) < 4.78 is 9.20. The Hall–Kier alpha value is -3.67. The SMILES string of the molecule is O=c1n(Cc2ccc(OCc3ccccc3)cc2)nc(-c2cccnc2)n1C1CC1. The van der Waals surface area contributed by atoms with E-state index in [1.54, 1.807) is 17.1 Å². The maximum Gasteiger partial charge on any atom is 0.346 e. The first-order chi connectivity index (χ1) is 14.8. The highest BCUT2D eigenvalue weighted by atomic mass is 16.5. The molecule has 1 fully saturated rings. The van der Waals surface area contributed by atoms with Crippen LogP contribution in [0.5, 0.6) is 5.75 Å². The van der Waals surface area contributed by atoms with Crippen molar-refractivity contribution in [2.75, 3.05) is 0 Å². The molecule has 0 N–H and O–H groups in total. The number of hydrogen-bond acceptors (Lipinski definition) is 4. The molecular formula is C24H22N4O2. The van der Waals surface area contributed by atoms with Crippen LogP contribution >= 0.6 is 0 Å². The van der Waals surface area contributed by atoms with Gasteiger partial charge in [0.1, 0.15) is 12.4 Å². The van der Waals surface area contributed by atoms with Crippen LogP contribution in [0.25, 0.3) is 11.4 Å². The van der Waals surface area contributed by atoms with E-state index < -0.39 is 0 Å². The molecule has 0 saturated heterocycles. The van der Waals surface area contributed by atoms with Crippen molar-refractivity contribution in [3.8, 4) is 17.1 Å². The van der Waals surface area contributed by atoms with Crippen molar-refractivity contribution in [3.05, 3.63) is 101 Å². The molecule has 30 heavy (non-hydrogen) atoms. The first-order valence-corrected chi connectivity index (χ1v) is 10.1. The number of ether oxygens (including phenoxy) is 1. The highest BCUT2D eigenvalue weighted by Gasteiger charge is 2.30. The number of benzene rings is 2. The van der Waals surface area contributed by atoms with Gasteiger partial charge in [-0.15, -0.1) is 5.10 Å². The minimum absolute atomic E-state index is 0.0687. The third-order valence-electron chi connectivity index (χ3n) is 5.21. The fourth-order valence-corrected chi connectivity index (χ4v) is 3.48. The Morgan fingerprint density at radius 1 is 0.933 bits per heavy atom. The lowest BCUT2D eigenvalue weighted by Gasteiger charge is -2.07. The maximum atomic E-state index is 13.0. The van der Waals surface area contributed by atoms with Gasteiger partial charge in [0.15, 0.2) is 5.82 Å². The van der Waals surface area contributed by atoms with Crippen LogP contribution in [0, 0.1) is 0 Å². The summed E-state index contributed by atoms with van der Waals surface area (Å²) in [4.78, 5) is 17.2. The van der Waals surface area contributed by atoms with Crippen molar-refractivity contribution < 1.29 is 4.74 Å². The molecule has 0 radical (unpaired) electrons. The van der Waals surface area contributed by atoms with Gasteiger partial charge in [-0.25, -0.2) is 9.48 Å². The monoisotopic (exact) mass is 398 g/mol. The van der Waals surface area contributed by atoms with E-state index >= 15 is 0 Å². The molecule has 150 valence electrons. The van der Waals surface area contributed by atoms with Crippen LogP contribution < -0.4 is 10.4 Å². The van der Waals surface area contributed by atoms with Crippen molar-refractivity contribution in [1.29, 1.82) is 0 Å². The van der Waals surface area contributed by atoms with Gasteiger partial charge in [0.25, 0.3) is 0 Å². The van der Waals surface area contributed by atoms with E-state index in [-0.39, 0.29) is 11.7 Å². The summed E-state index contributed by atoms with van der Waals surface area (Å²) in [5.74, 6) is 1.49. The van der Waals surface area contributed by atoms with Gasteiger partial charge in [-0.1, -0.05) is 42.5 Å². The summed E-state index contributed by atoms with van der Waals surface area (Å²) in [5, 5.41) is 4.63. The van der Waals surface area contributed by atoms with Gasteiger partial charge in [-0.3, -0.25) is 9.55 Å². The van der Waals surface area contributed by atoms with E-state index in [4.69, 9.17) is 4.74 Å². The molecular weight excluding hydrogens is 376 g/mol. The van der Waals surface area contributed by atoms with E-state index in [2.05, 4.69) is 10.1 Å². The molecule has 1 aliphatic rings. The molecule has 2 heterocycles. The summed E-state index contributed by atoms with van der Waals surface area (Å²) in [5.41, 5.74) is 2.93. The zero-order valence-electron chi connectivity index (χ0n) is 16.5. The fraction of sp³-hybridized carbons (Fsp3) is 0.208. The zero-order chi connectivity index (χ0) is 20.3. The van der Waals surface area contributed by atoms with Crippen molar-refractivity contribution in [2.24, 2.45) is 0 Å². The quantitative estimate of drug-likeness (QED) is 0.471. The van der Waals surface area contributed by atoms with Crippen LogP contribution in [-0.2, 0) is 13.2 Å². The first kappa shape index (κ1) is 18.4. The van der Waals surface area contributed by atoms with Crippen LogP contribution in [0.1, 0.15) is 30.0 Å². The molecule has 1 saturated carbocycles. The standard InChI is InChI=1S/C24H22N4O2/c29-24-27(26-23(28(24)21-10-11-21)20-7-4-14-25-15-20)16-18-8-12-22(13-9-18)30-17-19-5-2-1-3-6-19/h1-9,12-15,21H,10-11,16-17H2. The van der Waals surface area contributed by atoms with Gasteiger partial charge in [0, 0.05) is 24.0 Å². The molecule has 0 atom stereocenters. The average molecular weight is 398 g/mol. The predicted octanol–water partition coefficient (Wildman–Crippen LogP) is 4.07. The van der Waals surface area contributed by atoms with E-state index in [9.17, 15) is 4.79 Å². The number of rotatable bonds is 7. The second-order valence-corrected chi connectivity index (χ2v) is 7.52. The molecule has 2 aromatic carbocycles. The van der Waals surface area contributed by atoms with Gasteiger partial charge in [-0.2, -0.15) is 0 Å². The lowest BCUT2D eigenvalue weighted by atomic mass is 10.2.